The third-order valence-electron chi connectivity index (χ3n) is 4.25. The van der Waals surface area contributed by atoms with E-state index in [4.69, 9.17) is 9.39 Å². The molecular weight excluding hydrogens is 378 g/mol. The number of fused-ring (bicyclic) bond motifs is 1. The summed E-state index contributed by atoms with van der Waals surface area (Å²) in [6.07, 6.45) is -5.60. The van der Waals surface area contributed by atoms with Gasteiger partial charge in [-0.3, -0.25) is 4.79 Å². The predicted octanol–water partition coefficient (Wildman–Crippen LogP) is 2.67. The Balaban J connectivity index is 2.02. The second-order valence-electron chi connectivity index (χ2n) is 7.11. The number of carbonyl (C=O) groups is 2. The smallest absolute Gasteiger partial charge is 0.534 e. The lowest BCUT2D eigenvalue weighted by Crippen LogP contribution is -2.53. The Morgan fingerprint density at radius 2 is 2.11 bits per heavy atom. The number of halogens is 3. The summed E-state index contributed by atoms with van der Waals surface area (Å²) in [5, 5.41) is 12.5. The maximum absolute atomic E-state index is 12.3. The number of esters is 1. The van der Waals surface area contributed by atoms with Crippen LogP contribution in [0.2, 0.25) is 0 Å². The lowest BCUT2D eigenvalue weighted by Gasteiger charge is -2.29. The van der Waals surface area contributed by atoms with Crippen molar-refractivity contribution in [2.75, 3.05) is 6.61 Å². The second-order valence-corrected chi connectivity index (χ2v) is 7.11. The minimum Gasteiger partial charge on any atom is -0.534 e. The van der Waals surface area contributed by atoms with Gasteiger partial charge in [0.05, 0.1) is 19.0 Å². The zero-order chi connectivity index (χ0) is 20.9. The predicted molar refractivity (Wildman–Crippen MR) is 95.7 cm³/mol. The normalized spacial score (nSPS) is 16.4. The zero-order valence-corrected chi connectivity index (χ0v) is 15.7. The molecule has 1 aromatic carbocycles. The molecule has 0 aliphatic carbocycles. The molecule has 1 amide bonds. The number of nitrogens with one attached hydrogen (secondary N) is 1. The minimum absolute atomic E-state index is 0.112. The maximum atomic E-state index is 12.3. The fourth-order valence-corrected chi connectivity index (χ4v) is 2.71. The van der Waals surface area contributed by atoms with E-state index < -0.39 is 44.0 Å². The summed E-state index contributed by atoms with van der Waals surface area (Å²) in [6, 6.07) is 4.77. The number of carbonyl (C=O) groups excluding carboxylic acids is 2. The van der Waals surface area contributed by atoms with Crippen LogP contribution in [0.1, 0.15) is 49.0 Å². The lowest BCUT2D eigenvalue weighted by atomic mass is 9.72. The van der Waals surface area contributed by atoms with Gasteiger partial charge in [-0.15, -0.1) is 0 Å². The van der Waals surface area contributed by atoms with Crippen molar-refractivity contribution in [1.82, 2.24) is 5.32 Å². The molecule has 0 spiro atoms. The van der Waals surface area contributed by atoms with Crippen LogP contribution in [0, 0.1) is 5.92 Å². The van der Waals surface area contributed by atoms with Crippen LogP contribution in [0.3, 0.4) is 0 Å². The Bertz CT molecular complexity index is 711. The monoisotopic (exact) mass is 401 g/mol. The Morgan fingerprint density at radius 1 is 1.39 bits per heavy atom. The number of alkyl halides is 3. The van der Waals surface area contributed by atoms with Gasteiger partial charge in [0.1, 0.15) is 11.3 Å². The number of hydrogen-bond donors (Lipinski definition) is 2. The van der Waals surface area contributed by atoms with E-state index in [0.29, 0.717) is 17.9 Å². The Morgan fingerprint density at radius 3 is 2.75 bits per heavy atom. The molecule has 6 nitrogen and oxygen atoms in total. The van der Waals surface area contributed by atoms with E-state index >= 15 is 0 Å². The van der Waals surface area contributed by atoms with Gasteiger partial charge in [-0.05, 0) is 30.4 Å². The van der Waals surface area contributed by atoms with Crippen LogP contribution in [0.25, 0.3) is 0 Å². The van der Waals surface area contributed by atoms with Crippen molar-refractivity contribution in [2.45, 2.75) is 51.6 Å². The van der Waals surface area contributed by atoms with Crippen molar-refractivity contribution >= 4 is 19.0 Å². The Hall–Kier alpha value is -2.23. The first-order chi connectivity index (χ1) is 13.1. The van der Waals surface area contributed by atoms with Gasteiger partial charge >= 0.3 is 19.3 Å². The van der Waals surface area contributed by atoms with Crippen LogP contribution < -0.4 is 9.97 Å². The van der Waals surface area contributed by atoms with Crippen molar-refractivity contribution < 1.29 is 37.2 Å². The van der Waals surface area contributed by atoms with Crippen LogP contribution in [-0.4, -0.2) is 42.7 Å². The number of hydrogen-bond acceptors (Lipinski definition) is 5. The fraction of sp³-hybridized carbons (Fsp3) is 0.556. The Labute approximate surface area is 161 Å². The van der Waals surface area contributed by atoms with Gasteiger partial charge in [-0.2, -0.15) is 13.2 Å². The molecule has 1 aliphatic heterocycles. The SMILES string of the molecule is CC(C)CCOC(=O)c1cccc2c1OB(O)[C@@H](NC(=O)CCC(F)(F)F)C2. The van der Waals surface area contributed by atoms with Crippen molar-refractivity contribution in [3.8, 4) is 5.75 Å². The fourth-order valence-electron chi connectivity index (χ4n) is 2.71. The highest BCUT2D eigenvalue weighted by Gasteiger charge is 2.38. The second kappa shape index (κ2) is 9.31. The highest BCUT2D eigenvalue weighted by atomic mass is 19.4. The molecule has 2 N–H and O–H groups in total. The number of rotatable bonds is 7. The summed E-state index contributed by atoms with van der Waals surface area (Å²) in [5.74, 6) is -1.81. The molecule has 1 heterocycles. The summed E-state index contributed by atoms with van der Waals surface area (Å²) in [5.41, 5.74) is 0.701. The third-order valence-corrected chi connectivity index (χ3v) is 4.25. The van der Waals surface area contributed by atoms with Gasteiger partial charge in [-0.25, -0.2) is 4.79 Å². The van der Waals surface area contributed by atoms with Crippen molar-refractivity contribution in [3.05, 3.63) is 29.3 Å². The molecule has 0 bridgehead atoms. The van der Waals surface area contributed by atoms with Crippen LogP contribution in [0.4, 0.5) is 13.2 Å². The molecule has 154 valence electrons. The third kappa shape index (κ3) is 6.44. The van der Waals surface area contributed by atoms with E-state index in [1.807, 2.05) is 13.8 Å². The summed E-state index contributed by atoms with van der Waals surface area (Å²) in [4.78, 5) is 24.0. The average molecular weight is 401 g/mol. The summed E-state index contributed by atoms with van der Waals surface area (Å²) < 4.78 is 47.3. The zero-order valence-electron chi connectivity index (χ0n) is 15.7. The quantitative estimate of drug-likeness (QED) is 0.542. The molecule has 1 aromatic rings. The first-order valence-corrected chi connectivity index (χ1v) is 9.06. The number of amides is 1. The molecule has 0 saturated heterocycles. The largest absolute Gasteiger partial charge is 0.547 e. The molecule has 28 heavy (non-hydrogen) atoms. The highest BCUT2D eigenvalue weighted by molar-refractivity contribution is 6.47. The molecule has 0 aromatic heterocycles. The molecule has 10 heteroatoms. The van der Waals surface area contributed by atoms with Crippen LogP contribution >= 0.6 is 0 Å². The van der Waals surface area contributed by atoms with Gasteiger partial charge in [0, 0.05) is 6.42 Å². The lowest BCUT2D eigenvalue weighted by molar-refractivity contribution is -0.144. The highest BCUT2D eigenvalue weighted by Crippen LogP contribution is 2.31. The van der Waals surface area contributed by atoms with Gasteiger partial charge in [0.15, 0.2) is 0 Å². The van der Waals surface area contributed by atoms with Crippen molar-refractivity contribution in [1.29, 1.82) is 0 Å². The Kier molecular flexibility index (Phi) is 7.34. The molecule has 1 aliphatic rings. The van der Waals surface area contributed by atoms with Gasteiger partial charge in [0.2, 0.25) is 5.91 Å². The summed E-state index contributed by atoms with van der Waals surface area (Å²) >= 11 is 0. The minimum atomic E-state index is -4.43. The van der Waals surface area contributed by atoms with Gasteiger partial charge < -0.3 is 19.7 Å². The van der Waals surface area contributed by atoms with Gasteiger partial charge in [-0.1, -0.05) is 26.0 Å². The topological polar surface area (TPSA) is 84.9 Å². The standard InChI is InChI=1S/C18H23BF3NO5/c1-11(2)7-9-27-17(25)13-5-3-4-12-10-14(19(26)28-16(12)13)23-15(24)6-8-18(20,21)22/h3-5,11,14,26H,6-10H2,1-2H3,(H,23,24)/t14-/m0/s1. The maximum Gasteiger partial charge on any atom is 0.547 e. The average Bonchev–Trinajstić information content (AvgIpc) is 2.59. The van der Waals surface area contributed by atoms with Crippen molar-refractivity contribution in [2.24, 2.45) is 5.92 Å². The van der Waals surface area contributed by atoms with E-state index in [2.05, 4.69) is 5.32 Å². The van der Waals surface area contributed by atoms with E-state index in [0.717, 1.165) is 0 Å². The van der Waals surface area contributed by atoms with E-state index in [9.17, 15) is 27.8 Å². The van der Waals surface area contributed by atoms with Crippen LogP contribution in [0.15, 0.2) is 18.2 Å². The van der Waals surface area contributed by atoms with Crippen LogP contribution in [0.5, 0.6) is 5.75 Å². The summed E-state index contributed by atoms with van der Waals surface area (Å²) in [7, 11) is -1.49. The number of para-hydroxylation sites is 1. The van der Waals surface area contributed by atoms with Crippen LogP contribution in [-0.2, 0) is 16.0 Å². The van der Waals surface area contributed by atoms with Gasteiger partial charge in [0.25, 0.3) is 0 Å². The molecule has 1 atom stereocenters. The molecule has 0 radical (unpaired) electrons. The molecular formula is C18H23BF3NO5. The van der Waals surface area contributed by atoms with E-state index in [1.54, 1.807) is 12.1 Å². The van der Waals surface area contributed by atoms with E-state index in [1.165, 1.54) is 6.07 Å². The number of ether oxygens (including phenoxy) is 1. The molecule has 0 unspecified atom stereocenters. The molecule has 2 rings (SSSR count). The van der Waals surface area contributed by atoms with Crippen molar-refractivity contribution in [3.63, 3.8) is 0 Å². The first-order valence-electron chi connectivity index (χ1n) is 9.06. The molecule has 0 saturated carbocycles. The molecule has 0 fully saturated rings. The number of benzene rings is 1. The first kappa shape index (κ1) is 22.1. The van der Waals surface area contributed by atoms with E-state index in [-0.39, 0.29) is 24.3 Å². The summed E-state index contributed by atoms with van der Waals surface area (Å²) in [6.45, 7) is 4.25.